The summed E-state index contributed by atoms with van der Waals surface area (Å²) in [5.74, 6) is -0.622. The summed E-state index contributed by atoms with van der Waals surface area (Å²) in [6.45, 7) is 3.23. The third-order valence-electron chi connectivity index (χ3n) is 5.02. The van der Waals surface area contributed by atoms with Crippen molar-refractivity contribution < 1.29 is 37.6 Å². The number of aliphatic hydroxyl groups excluding tert-OH is 1. The predicted molar refractivity (Wildman–Crippen MR) is 135 cm³/mol. The molecule has 0 saturated carbocycles. The lowest BCUT2D eigenvalue weighted by molar-refractivity contribution is 0.0696. The zero-order valence-corrected chi connectivity index (χ0v) is 21.1. The maximum absolute atomic E-state index is 13.8. The van der Waals surface area contributed by atoms with Crippen LogP contribution in [0.1, 0.15) is 24.2 Å². The van der Waals surface area contributed by atoms with Crippen LogP contribution >= 0.6 is 0 Å². The van der Waals surface area contributed by atoms with Crippen molar-refractivity contribution in [1.29, 1.82) is 0 Å². The Kier molecular flexibility index (Phi) is 8.78. The fourth-order valence-electron chi connectivity index (χ4n) is 3.42. The minimum Gasteiger partial charge on any atom is -0.497 e. The summed E-state index contributed by atoms with van der Waals surface area (Å²) >= 11 is 0. The Morgan fingerprint density at radius 2 is 1.69 bits per heavy atom. The molecule has 3 aromatic carbocycles. The van der Waals surface area contributed by atoms with E-state index in [2.05, 4.69) is 0 Å². The van der Waals surface area contributed by atoms with Crippen molar-refractivity contribution in [1.82, 2.24) is 0 Å². The Balaban J connectivity index is 2.30. The standard InChI is InChI=1S/C26H29NO8S/c1-18(2)17-27(36(31,32)22-10-5-4-6-11-22)23-14-19(26(29)30)15-24(34-13-12-28)25(23)35-21-9-7-8-20(16-21)33-3/h4-11,14-16,18,28H,12-13,17H2,1-3H3,(H,29,30). The summed E-state index contributed by atoms with van der Waals surface area (Å²) in [5.41, 5.74) is -0.212. The average Bonchev–Trinajstić information content (AvgIpc) is 2.87. The van der Waals surface area contributed by atoms with Gasteiger partial charge in [0, 0.05) is 12.6 Å². The molecule has 36 heavy (non-hydrogen) atoms. The highest BCUT2D eigenvalue weighted by Crippen LogP contribution is 2.44. The average molecular weight is 516 g/mol. The SMILES string of the molecule is COc1cccc(Oc2c(OCCO)cc(C(=O)O)cc2N(CC(C)C)S(=O)(=O)c2ccccc2)c1. The summed E-state index contributed by atoms with van der Waals surface area (Å²) in [5, 5.41) is 19.1. The highest BCUT2D eigenvalue weighted by atomic mass is 32.2. The third kappa shape index (κ3) is 6.27. The first-order valence-corrected chi connectivity index (χ1v) is 12.7. The maximum Gasteiger partial charge on any atom is 0.335 e. The number of hydrogen-bond acceptors (Lipinski definition) is 7. The molecule has 0 atom stereocenters. The Hall–Kier alpha value is -3.76. The summed E-state index contributed by atoms with van der Waals surface area (Å²) < 4.78 is 45.7. The number of hydrogen-bond donors (Lipinski definition) is 2. The van der Waals surface area contributed by atoms with E-state index in [9.17, 15) is 23.4 Å². The van der Waals surface area contributed by atoms with E-state index in [4.69, 9.17) is 14.2 Å². The van der Waals surface area contributed by atoms with Crippen LogP contribution in [0.25, 0.3) is 0 Å². The smallest absolute Gasteiger partial charge is 0.335 e. The van der Waals surface area contributed by atoms with Gasteiger partial charge in [-0.2, -0.15) is 0 Å². The number of anilines is 1. The fourth-order valence-corrected chi connectivity index (χ4v) is 5.07. The molecule has 0 radical (unpaired) electrons. The molecule has 9 nitrogen and oxygen atoms in total. The van der Waals surface area contributed by atoms with Crippen molar-refractivity contribution in [3.05, 3.63) is 72.3 Å². The molecular formula is C26H29NO8S. The quantitative estimate of drug-likeness (QED) is 0.364. The second-order valence-electron chi connectivity index (χ2n) is 8.22. The first kappa shape index (κ1) is 26.8. The van der Waals surface area contributed by atoms with Gasteiger partial charge in [0.1, 0.15) is 18.1 Å². The molecule has 3 rings (SSSR count). The molecule has 0 spiro atoms. The zero-order valence-electron chi connectivity index (χ0n) is 20.2. The van der Waals surface area contributed by atoms with E-state index in [1.165, 1.54) is 31.4 Å². The summed E-state index contributed by atoms with van der Waals surface area (Å²) in [6, 6.07) is 17.0. The van der Waals surface area contributed by atoms with E-state index in [0.717, 1.165) is 4.31 Å². The third-order valence-corrected chi connectivity index (χ3v) is 6.82. The molecule has 0 bridgehead atoms. The lowest BCUT2D eigenvalue weighted by Crippen LogP contribution is -2.34. The number of benzene rings is 3. The van der Waals surface area contributed by atoms with Crippen LogP contribution in [0.2, 0.25) is 0 Å². The number of rotatable bonds is 12. The van der Waals surface area contributed by atoms with E-state index < -0.39 is 16.0 Å². The molecule has 0 heterocycles. The van der Waals surface area contributed by atoms with Crippen LogP contribution in [-0.2, 0) is 10.0 Å². The van der Waals surface area contributed by atoms with Gasteiger partial charge >= 0.3 is 5.97 Å². The number of ether oxygens (including phenoxy) is 3. The molecule has 0 aromatic heterocycles. The van der Waals surface area contributed by atoms with Crippen molar-refractivity contribution in [3.8, 4) is 23.0 Å². The number of methoxy groups -OCH3 is 1. The Morgan fingerprint density at radius 1 is 1.00 bits per heavy atom. The van der Waals surface area contributed by atoms with Crippen LogP contribution in [-0.4, -0.2) is 51.5 Å². The van der Waals surface area contributed by atoms with Crippen molar-refractivity contribution in [3.63, 3.8) is 0 Å². The van der Waals surface area contributed by atoms with E-state index >= 15 is 0 Å². The number of nitrogens with zero attached hydrogens (tertiary/aromatic N) is 1. The van der Waals surface area contributed by atoms with E-state index in [0.29, 0.717) is 11.5 Å². The van der Waals surface area contributed by atoms with Crippen molar-refractivity contribution in [2.24, 2.45) is 5.92 Å². The second kappa shape index (κ2) is 11.8. The van der Waals surface area contributed by atoms with Crippen LogP contribution in [0.15, 0.2) is 71.6 Å². The van der Waals surface area contributed by atoms with Gasteiger partial charge in [-0.3, -0.25) is 4.31 Å². The Bertz CT molecular complexity index is 1290. The lowest BCUT2D eigenvalue weighted by atomic mass is 10.1. The molecule has 2 N–H and O–H groups in total. The maximum atomic E-state index is 13.8. The van der Waals surface area contributed by atoms with Crippen molar-refractivity contribution in [2.75, 3.05) is 31.2 Å². The van der Waals surface area contributed by atoms with Crippen molar-refractivity contribution >= 4 is 21.7 Å². The number of sulfonamides is 1. The highest BCUT2D eigenvalue weighted by Gasteiger charge is 2.31. The predicted octanol–water partition coefficient (Wildman–Crippen LogP) is 4.41. The molecule has 3 aromatic rings. The number of aliphatic hydroxyl groups is 1. The topological polar surface area (TPSA) is 123 Å². The van der Waals surface area contributed by atoms with Gasteiger partial charge in [-0.25, -0.2) is 13.2 Å². The van der Waals surface area contributed by atoms with Gasteiger partial charge < -0.3 is 24.4 Å². The van der Waals surface area contributed by atoms with Crippen molar-refractivity contribution in [2.45, 2.75) is 18.7 Å². The summed E-state index contributed by atoms with van der Waals surface area (Å²) in [4.78, 5) is 12.0. The number of aromatic carboxylic acids is 1. The minimum absolute atomic E-state index is 0.0109. The van der Waals surface area contributed by atoms with E-state index in [1.807, 2.05) is 13.8 Å². The lowest BCUT2D eigenvalue weighted by Gasteiger charge is -2.29. The molecule has 0 aliphatic heterocycles. The molecule has 0 fully saturated rings. The normalized spacial score (nSPS) is 11.2. The first-order chi connectivity index (χ1) is 17.2. The van der Waals surface area contributed by atoms with Crippen LogP contribution in [0, 0.1) is 5.92 Å². The summed E-state index contributed by atoms with van der Waals surface area (Å²) in [6.07, 6.45) is 0. The van der Waals surface area contributed by atoms with Gasteiger partial charge in [0.2, 0.25) is 0 Å². The largest absolute Gasteiger partial charge is 0.497 e. The highest BCUT2D eigenvalue weighted by molar-refractivity contribution is 7.92. The van der Waals surface area contributed by atoms with E-state index in [1.54, 1.807) is 42.5 Å². The van der Waals surface area contributed by atoms with Gasteiger partial charge in [0.15, 0.2) is 11.5 Å². The van der Waals surface area contributed by atoms with Crippen LogP contribution in [0.5, 0.6) is 23.0 Å². The van der Waals surface area contributed by atoms with Gasteiger partial charge in [-0.05, 0) is 42.3 Å². The molecule has 0 amide bonds. The monoisotopic (exact) mass is 515 g/mol. The Morgan fingerprint density at radius 3 is 2.31 bits per heavy atom. The molecule has 0 aliphatic rings. The summed E-state index contributed by atoms with van der Waals surface area (Å²) in [7, 11) is -2.63. The fraction of sp³-hybridized carbons (Fsp3) is 0.269. The van der Waals surface area contributed by atoms with E-state index in [-0.39, 0.29) is 53.3 Å². The van der Waals surface area contributed by atoms with Gasteiger partial charge in [-0.1, -0.05) is 38.1 Å². The molecule has 192 valence electrons. The van der Waals surface area contributed by atoms with Gasteiger partial charge in [-0.15, -0.1) is 0 Å². The second-order valence-corrected chi connectivity index (χ2v) is 10.1. The molecule has 0 unspecified atom stereocenters. The number of carboxylic acids is 1. The Labute approximate surface area is 210 Å². The molecular weight excluding hydrogens is 486 g/mol. The molecule has 10 heteroatoms. The number of carbonyl (C=O) groups is 1. The van der Waals surface area contributed by atoms with Gasteiger partial charge in [0.25, 0.3) is 10.0 Å². The van der Waals surface area contributed by atoms with Gasteiger partial charge in [0.05, 0.1) is 29.9 Å². The van der Waals surface area contributed by atoms with Crippen LogP contribution in [0.3, 0.4) is 0 Å². The van der Waals surface area contributed by atoms with Crippen LogP contribution in [0.4, 0.5) is 5.69 Å². The zero-order chi connectivity index (χ0) is 26.3. The number of carboxylic acid groups (broad SMARTS) is 1. The minimum atomic E-state index is -4.13. The first-order valence-electron chi connectivity index (χ1n) is 11.2. The molecule has 0 aliphatic carbocycles. The van der Waals surface area contributed by atoms with Crippen LogP contribution < -0.4 is 18.5 Å². The molecule has 0 saturated heterocycles.